The monoisotopic (exact) mass is 504 g/mol. The number of amides is 2. The van der Waals surface area contributed by atoms with Gasteiger partial charge in [0, 0.05) is 74.7 Å². The van der Waals surface area contributed by atoms with E-state index < -0.39 is 4.92 Å². The Morgan fingerprint density at radius 3 is 2.22 bits per heavy atom. The van der Waals surface area contributed by atoms with E-state index in [1.54, 1.807) is 11.1 Å². The molecule has 3 aromatic rings. The van der Waals surface area contributed by atoms with E-state index in [-0.39, 0.29) is 11.7 Å². The van der Waals surface area contributed by atoms with Crippen molar-refractivity contribution in [2.45, 2.75) is 0 Å². The molecule has 2 amide bonds. The third-order valence-corrected chi connectivity index (χ3v) is 6.36. The number of hydrogen-bond donors (Lipinski definition) is 2. The number of nitrogens with zero attached hydrogens (tertiary/aromatic N) is 6. The number of carbonyl (C=O) groups is 1. The van der Waals surface area contributed by atoms with Crippen LogP contribution in [0.4, 0.5) is 39.3 Å². The van der Waals surface area contributed by atoms with Gasteiger partial charge >= 0.3 is 6.03 Å². The number of piperazine rings is 1. The minimum absolute atomic E-state index is 0.0182. The van der Waals surface area contributed by atoms with Crippen LogP contribution >= 0.6 is 0 Å². The molecule has 3 heterocycles. The molecular weight excluding hydrogens is 476 g/mol. The van der Waals surface area contributed by atoms with E-state index in [0.29, 0.717) is 37.8 Å². The summed E-state index contributed by atoms with van der Waals surface area (Å²) in [6, 6.07) is 15.6. The molecule has 2 fully saturated rings. The highest BCUT2D eigenvalue weighted by atomic mass is 16.6. The first-order valence-electron chi connectivity index (χ1n) is 12.1. The van der Waals surface area contributed by atoms with Crippen LogP contribution < -0.4 is 20.4 Å². The number of anilines is 5. The van der Waals surface area contributed by atoms with E-state index in [1.165, 1.54) is 30.0 Å². The zero-order valence-electron chi connectivity index (χ0n) is 20.2. The van der Waals surface area contributed by atoms with Crippen LogP contribution in [0.2, 0.25) is 0 Å². The van der Waals surface area contributed by atoms with Gasteiger partial charge in [0.25, 0.3) is 5.69 Å². The summed E-state index contributed by atoms with van der Waals surface area (Å²) in [5, 5.41) is 16.9. The number of aromatic nitrogens is 2. The van der Waals surface area contributed by atoms with Crippen molar-refractivity contribution in [2.75, 3.05) is 72.9 Å². The van der Waals surface area contributed by atoms with E-state index in [9.17, 15) is 14.9 Å². The highest BCUT2D eigenvalue weighted by Crippen LogP contribution is 2.22. The first kappa shape index (κ1) is 24.3. The summed E-state index contributed by atoms with van der Waals surface area (Å²) >= 11 is 0. The molecule has 1 aromatic heterocycles. The van der Waals surface area contributed by atoms with Crippen molar-refractivity contribution in [1.82, 2.24) is 14.9 Å². The van der Waals surface area contributed by atoms with E-state index in [2.05, 4.69) is 42.5 Å². The number of hydrogen-bond acceptors (Lipinski definition) is 9. The molecule has 12 nitrogen and oxygen atoms in total. The Kier molecular flexibility index (Phi) is 7.26. The Bertz CT molecular complexity index is 1220. The molecule has 0 unspecified atom stereocenters. The Morgan fingerprint density at radius 2 is 1.54 bits per heavy atom. The third kappa shape index (κ3) is 6.04. The lowest BCUT2D eigenvalue weighted by Gasteiger charge is -2.35. The van der Waals surface area contributed by atoms with Gasteiger partial charge in [-0.2, -0.15) is 4.98 Å². The second kappa shape index (κ2) is 11.1. The summed E-state index contributed by atoms with van der Waals surface area (Å²) in [4.78, 5) is 38.1. The quantitative estimate of drug-likeness (QED) is 0.384. The lowest BCUT2D eigenvalue weighted by atomic mass is 10.2. The maximum atomic E-state index is 12.6. The van der Waals surface area contributed by atoms with Gasteiger partial charge in [-0.15, -0.1) is 0 Å². The van der Waals surface area contributed by atoms with Gasteiger partial charge in [-0.3, -0.25) is 10.1 Å². The predicted octanol–water partition coefficient (Wildman–Crippen LogP) is 3.32. The number of benzene rings is 2. The number of nitro benzene ring substituents is 1. The molecule has 2 N–H and O–H groups in total. The number of ether oxygens (including phenoxy) is 1. The van der Waals surface area contributed by atoms with Crippen molar-refractivity contribution in [1.29, 1.82) is 0 Å². The van der Waals surface area contributed by atoms with E-state index in [0.717, 1.165) is 37.8 Å². The fourth-order valence-electron chi connectivity index (χ4n) is 4.30. The molecule has 2 aliphatic heterocycles. The number of nitro groups is 1. The van der Waals surface area contributed by atoms with Crippen molar-refractivity contribution >= 4 is 40.5 Å². The number of morpholine rings is 1. The fourth-order valence-corrected chi connectivity index (χ4v) is 4.30. The molecule has 0 saturated carbocycles. The molecule has 2 saturated heterocycles. The zero-order valence-corrected chi connectivity index (χ0v) is 20.2. The van der Waals surface area contributed by atoms with Crippen LogP contribution in [-0.2, 0) is 4.74 Å². The highest BCUT2D eigenvalue weighted by Gasteiger charge is 2.22. The lowest BCUT2D eigenvalue weighted by molar-refractivity contribution is -0.384. The predicted molar refractivity (Wildman–Crippen MR) is 141 cm³/mol. The number of non-ortho nitro benzene ring substituents is 1. The molecule has 12 heteroatoms. The summed E-state index contributed by atoms with van der Waals surface area (Å²) in [5.41, 5.74) is 2.57. The third-order valence-electron chi connectivity index (χ3n) is 6.36. The first-order valence-corrected chi connectivity index (χ1v) is 12.1. The molecule has 0 bridgehead atoms. The topological polar surface area (TPSA) is 129 Å². The van der Waals surface area contributed by atoms with Gasteiger partial charge in [0.05, 0.1) is 18.1 Å². The van der Waals surface area contributed by atoms with Gasteiger partial charge in [0.2, 0.25) is 5.95 Å². The van der Waals surface area contributed by atoms with Gasteiger partial charge < -0.3 is 30.1 Å². The molecule has 0 atom stereocenters. The average Bonchev–Trinajstić information content (AvgIpc) is 2.94. The number of urea groups is 1. The molecular formula is C25H28N8O4. The molecule has 0 radical (unpaired) electrons. The minimum Gasteiger partial charge on any atom is -0.378 e. The van der Waals surface area contributed by atoms with E-state index >= 15 is 0 Å². The summed E-state index contributed by atoms with van der Waals surface area (Å²) < 4.78 is 5.42. The second-order valence-corrected chi connectivity index (χ2v) is 8.72. The van der Waals surface area contributed by atoms with Crippen molar-refractivity contribution in [3.05, 3.63) is 70.9 Å². The second-order valence-electron chi connectivity index (χ2n) is 8.72. The fraction of sp³-hybridized carbons (Fsp3) is 0.320. The maximum Gasteiger partial charge on any atom is 0.321 e. The molecule has 192 valence electrons. The van der Waals surface area contributed by atoms with Crippen molar-refractivity contribution < 1.29 is 14.5 Å². The lowest BCUT2D eigenvalue weighted by Crippen LogP contribution is -2.50. The first-order chi connectivity index (χ1) is 18.0. The molecule has 0 aliphatic carbocycles. The molecule has 2 aliphatic rings. The highest BCUT2D eigenvalue weighted by molar-refractivity contribution is 5.89. The summed E-state index contributed by atoms with van der Waals surface area (Å²) in [7, 11) is 0. The Hall–Kier alpha value is -4.45. The van der Waals surface area contributed by atoms with Crippen LogP contribution in [0.15, 0.2) is 60.8 Å². The summed E-state index contributed by atoms with van der Waals surface area (Å²) in [5.74, 6) is 1.30. The van der Waals surface area contributed by atoms with Gasteiger partial charge in [0.1, 0.15) is 5.82 Å². The molecule has 37 heavy (non-hydrogen) atoms. The minimum atomic E-state index is -0.471. The van der Waals surface area contributed by atoms with Crippen molar-refractivity contribution in [2.24, 2.45) is 0 Å². The Balaban J connectivity index is 1.14. The van der Waals surface area contributed by atoms with Crippen LogP contribution in [0.1, 0.15) is 0 Å². The number of nitrogens with one attached hydrogen (secondary N) is 2. The Labute approximate surface area is 214 Å². The Morgan fingerprint density at radius 1 is 0.865 bits per heavy atom. The zero-order chi connectivity index (χ0) is 25.6. The summed E-state index contributed by atoms with van der Waals surface area (Å²) in [6.45, 7) is 5.58. The number of rotatable bonds is 6. The van der Waals surface area contributed by atoms with Crippen LogP contribution in [0.5, 0.6) is 0 Å². The SMILES string of the molecule is O=C(Nc1ccc([N+](=O)[O-])cc1)N1CCN(c2ccnc(Nc3ccc(N4CCOCC4)cc3)n2)CC1. The molecule has 0 spiro atoms. The maximum absolute atomic E-state index is 12.6. The van der Waals surface area contributed by atoms with Crippen LogP contribution in [0, 0.1) is 10.1 Å². The van der Waals surface area contributed by atoms with Crippen LogP contribution in [-0.4, -0.2) is 78.3 Å². The van der Waals surface area contributed by atoms with E-state index in [1.807, 2.05) is 18.2 Å². The molecule has 2 aromatic carbocycles. The van der Waals surface area contributed by atoms with Crippen LogP contribution in [0.3, 0.4) is 0 Å². The standard InChI is InChI=1S/C25H28N8O4/c34-25(28-20-3-7-22(8-4-20)33(35)36)32-13-11-31(12-14-32)23-9-10-26-24(29-23)27-19-1-5-21(6-2-19)30-15-17-37-18-16-30/h1-10H,11-18H2,(H,28,34)(H,26,27,29). The largest absolute Gasteiger partial charge is 0.378 e. The van der Waals surface area contributed by atoms with Crippen molar-refractivity contribution in [3.63, 3.8) is 0 Å². The van der Waals surface area contributed by atoms with Gasteiger partial charge in [-0.1, -0.05) is 0 Å². The van der Waals surface area contributed by atoms with E-state index in [4.69, 9.17) is 4.74 Å². The average molecular weight is 505 g/mol. The van der Waals surface area contributed by atoms with Gasteiger partial charge in [0.15, 0.2) is 0 Å². The smallest absolute Gasteiger partial charge is 0.321 e. The normalized spacial score (nSPS) is 15.8. The number of carbonyl (C=O) groups excluding carboxylic acids is 1. The van der Waals surface area contributed by atoms with Crippen molar-refractivity contribution in [3.8, 4) is 0 Å². The van der Waals surface area contributed by atoms with Gasteiger partial charge in [-0.05, 0) is 42.5 Å². The van der Waals surface area contributed by atoms with Crippen LogP contribution in [0.25, 0.3) is 0 Å². The van der Waals surface area contributed by atoms with Gasteiger partial charge in [-0.25, -0.2) is 9.78 Å². The molecule has 5 rings (SSSR count). The summed E-state index contributed by atoms with van der Waals surface area (Å²) in [6.07, 6.45) is 1.72.